The second kappa shape index (κ2) is 7.16. The molecule has 0 atom stereocenters. The predicted octanol–water partition coefficient (Wildman–Crippen LogP) is 4.13. The maximum Gasteiger partial charge on any atom is 0.232 e. The third-order valence-corrected chi connectivity index (χ3v) is 5.07. The molecular formula is C23H21NO3. The molecule has 0 aliphatic heterocycles. The molecule has 27 heavy (non-hydrogen) atoms. The van der Waals surface area contributed by atoms with Gasteiger partial charge in [0, 0.05) is 0 Å². The highest BCUT2D eigenvalue weighted by Gasteiger charge is 2.33. The molecule has 1 aliphatic carbocycles. The summed E-state index contributed by atoms with van der Waals surface area (Å²) >= 11 is 0. The molecule has 0 radical (unpaired) electrons. The lowest BCUT2D eigenvalue weighted by Crippen LogP contribution is -2.29. The molecule has 0 aromatic heterocycles. The SMILES string of the molecule is COc1cccc(OC)c1CNC(=O)C1c2ccccc2-c2ccccc21. The summed E-state index contributed by atoms with van der Waals surface area (Å²) < 4.78 is 10.9. The lowest BCUT2D eigenvalue weighted by molar-refractivity contribution is -0.121. The van der Waals surface area contributed by atoms with Crippen LogP contribution in [0.25, 0.3) is 11.1 Å². The number of ether oxygens (including phenoxy) is 2. The number of carbonyl (C=O) groups excluding carboxylic acids is 1. The van der Waals surface area contributed by atoms with E-state index in [0.29, 0.717) is 18.0 Å². The van der Waals surface area contributed by atoms with Gasteiger partial charge in [0.25, 0.3) is 0 Å². The van der Waals surface area contributed by atoms with Crippen LogP contribution < -0.4 is 14.8 Å². The van der Waals surface area contributed by atoms with Crippen molar-refractivity contribution in [3.8, 4) is 22.6 Å². The number of nitrogens with one attached hydrogen (secondary N) is 1. The highest BCUT2D eigenvalue weighted by molar-refractivity contribution is 5.96. The fourth-order valence-corrected chi connectivity index (χ4v) is 3.82. The van der Waals surface area contributed by atoms with Crippen LogP contribution in [0.3, 0.4) is 0 Å². The van der Waals surface area contributed by atoms with Gasteiger partial charge in [0.1, 0.15) is 11.5 Å². The van der Waals surface area contributed by atoms with E-state index in [1.54, 1.807) is 14.2 Å². The van der Waals surface area contributed by atoms with Crippen molar-refractivity contribution in [1.29, 1.82) is 0 Å². The maximum absolute atomic E-state index is 13.2. The Balaban J connectivity index is 1.64. The number of amides is 1. The number of carbonyl (C=O) groups is 1. The smallest absolute Gasteiger partial charge is 0.232 e. The van der Waals surface area contributed by atoms with Gasteiger partial charge in [0.15, 0.2) is 0 Å². The zero-order chi connectivity index (χ0) is 18.8. The van der Waals surface area contributed by atoms with Crippen LogP contribution in [-0.2, 0) is 11.3 Å². The lowest BCUT2D eigenvalue weighted by Gasteiger charge is -2.17. The zero-order valence-corrected chi connectivity index (χ0v) is 15.4. The summed E-state index contributed by atoms with van der Waals surface area (Å²) in [4.78, 5) is 13.2. The van der Waals surface area contributed by atoms with E-state index in [0.717, 1.165) is 27.8 Å². The third-order valence-electron chi connectivity index (χ3n) is 5.07. The molecular weight excluding hydrogens is 338 g/mol. The van der Waals surface area contributed by atoms with Crippen molar-refractivity contribution >= 4 is 5.91 Å². The molecule has 0 saturated carbocycles. The summed E-state index contributed by atoms with van der Waals surface area (Å²) in [6, 6.07) is 21.8. The summed E-state index contributed by atoms with van der Waals surface area (Å²) in [7, 11) is 3.23. The number of hydrogen-bond acceptors (Lipinski definition) is 3. The molecule has 0 bridgehead atoms. The van der Waals surface area contributed by atoms with Gasteiger partial charge >= 0.3 is 0 Å². The fraction of sp³-hybridized carbons (Fsp3) is 0.174. The van der Waals surface area contributed by atoms with Gasteiger partial charge in [-0.2, -0.15) is 0 Å². The Morgan fingerprint density at radius 2 is 1.33 bits per heavy atom. The molecule has 0 unspecified atom stereocenters. The zero-order valence-electron chi connectivity index (χ0n) is 15.4. The van der Waals surface area contributed by atoms with E-state index >= 15 is 0 Å². The predicted molar refractivity (Wildman–Crippen MR) is 105 cm³/mol. The summed E-state index contributed by atoms with van der Waals surface area (Å²) in [5.41, 5.74) is 5.17. The van der Waals surface area contributed by atoms with Gasteiger partial charge in [0.2, 0.25) is 5.91 Å². The van der Waals surface area contributed by atoms with Gasteiger partial charge in [-0.3, -0.25) is 4.79 Å². The van der Waals surface area contributed by atoms with Crippen molar-refractivity contribution in [2.45, 2.75) is 12.5 Å². The molecule has 1 aliphatic rings. The van der Waals surface area contributed by atoms with Crippen molar-refractivity contribution in [3.05, 3.63) is 83.4 Å². The molecule has 1 amide bonds. The first-order chi connectivity index (χ1) is 13.2. The van der Waals surface area contributed by atoms with Gasteiger partial charge in [-0.1, -0.05) is 54.6 Å². The summed E-state index contributed by atoms with van der Waals surface area (Å²) in [5, 5.41) is 3.07. The van der Waals surface area contributed by atoms with Crippen molar-refractivity contribution in [2.75, 3.05) is 14.2 Å². The van der Waals surface area contributed by atoms with E-state index < -0.39 is 0 Å². The first kappa shape index (κ1) is 17.2. The molecule has 4 heteroatoms. The normalized spacial score (nSPS) is 12.2. The van der Waals surface area contributed by atoms with Gasteiger partial charge < -0.3 is 14.8 Å². The Bertz CT molecular complexity index is 929. The maximum atomic E-state index is 13.2. The highest BCUT2D eigenvalue weighted by Crippen LogP contribution is 2.44. The van der Waals surface area contributed by atoms with Gasteiger partial charge in [-0.15, -0.1) is 0 Å². The van der Waals surface area contributed by atoms with Gasteiger partial charge in [-0.25, -0.2) is 0 Å². The van der Waals surface area contributed by atoms with E-state index in [1.165, 1.54) is 0 Å². The van der Waals surface area contributed by atoms with Crippen LogP contribution in [0.15, 0.2) is 66.7 Å². The van der Waals surface area contributed by atoms with E-state index in [2.05, 4.69) is 17.4 Å². The van der Waals surface area contributed by atoms with Crippen molar-refractivity contribution in [2.24, 2.45) is 0 Å². The molecule has 3 aromatic rings. The van der Waals surface area contributed by atoms with Crippen LogP contribution >= 0.6 is 0 Å². The number of rotatable bonds is 5. The standard InChI is InChI=1S/C23H21NO3/c1-26-20-12-7-13-21(27-2)19(20)14-24-23(25)22-17-10-5-3-8-15(17)16-9-4-6-11-18(16)22/h3-13,22H,14H2,1-2H3,(H,24,25). The minimum Gasteiger partial charge on any atom is -0.496 e. The topological polar surface area (TPSA) is 47.6 Å². The second-order valence-corrected chi connectivity index (χ2v) is 6.47. The molecule has 1 N–H and O–H groups in total. The van der Waals surface area contributed by atoms with Crippen molar-refractivity contribution in [3.63, 3.8) is 0 Å². The third kappa shape index (κ3) is 2.93. The molecule has 4 rings (SSSR count). The highest BCUT2D eigenvalue weighted by atomic mass is 16.5. The Hall–Kier alpha value is -3.27. The fourth-order valence-electron chi connectivity index (χ4n) is 3.82. The average molecular weight is 359 g/mol. The second-order valence-electron chi connectivity index (χ2n) is 6.47. The molecule has 136 valence electrons. The Labute approximate surface area is 158 Å². The minimum atomic E-state index is -0.307. The molecule has 0 heterocycles. The summed E-state index contributed by atoms with van der Waals surface area (Å²) in [6.45, 7) is 0.340. The number of hydrogen-bond donors (Lipinski definition) is 1. The van der Waals surface area contributed by atoms with Crippen LogP contribution in [-0.4, -0.2) is 20.1 Å². The average Bonchev–Trinajstić information content (AvgIpc) is 3.06. The number of methoxy groups -OCH3 is 2. The largest absolute Gasteiger partial charge is 0.496 e. The van der Waals surface area contributed by atoms with Gasteiger partial charge in [-0.05, 0) is 34.4 Å². The first-order valence-corrected chi connectivity index (χ1v) is 8.90. The van der Waals surface area contributed by atoms with Gasteiger partial charge in [0.05, 0.1) is 32.2 Å². The van der Waals surface area contributed by atoms with Crippen LogP contribution in [0.5, 0.6) is 11.5 Å². The molecule has 0 saturated heterocycles. The quantitative estimate of drug-likeness (QED) is 0.745. The van der Waals surface area contributed by atoms with Crippen LogP contribution in [0.2, 0.25) is 0 Å². The van der Waals surface area contributed by atoms with Crippen LogP contribution in [0, 0.1) is 0 Å². The molecule has 4 nitrogen and oxygen atoms in total. The minimum absolute atomic E-state index is 0.0274. The lowest BCUT2D eigenvalue weighted by atomic mass is 9.96. The van der Waals surface area contributed by atoms with E-state index in [1.807, 2.05) is 54.6 Å². The Morgan fingerprint density at radius 1 is 0.815 bits per heavy atom. The molecule has 0 fully saturated rings. The van der Waals surface area contributed by atoms with Crippen LogP contribution in [0.4, 0.5) is 0 Å². The first-order valence-electron chi connectivity index (χ1n) is 8.90. The summed E-state index contributed by atoms with van der Waals surface area (Å²) in [6.07, 6.45) is 0. The van der Waals surface area contributed by atoms with Crippen molar-refractivity contribution < 1.29 is 14.3 Å². The van der Waals surface area contributed by atoms with Crippen molar-refractivity contribution in [1.82, 2.24) is 5.32 Å². The van der Waals surface area contributed by atoms with E-state index in [4.69, 9.17) is 9.47 Å². The Morgan fingerprint density at radius 3 is 1.85 bits per heavy atom. The molecule has 0 spiro atoms. The van der Waals surface area contributed by atoms with E-state index in [9.17, 15) is 4.79 Å². The Kier molecular flexibility index (Phi) is 4.55. The van der Waals surface area contributed by atoms with Crippen LogP contribution in [0.1, 0.15) is 22.6 Å². The molecule has 3 aromatic carbocycles. The number of benzene rings is 3. The summed E-state index contributed by atoms with van der Waals surface area (Å²) in [5.74, 6) is 1.06. The number of fused-ring (bicyclic) bond motifs is 3. The monoisotopic (exact) mass is 359 g/mol. The van der Waals surface area contributed by atoms with E-state index in [-0.39, 0.29) is 11.8 Å².